The minimum atomic E-state index is -4.62. The van der Waals surface area contributed by atoms with Crippen LogP contribution < -0.4 is 5.32 Å². The van der Waals surface area contributed by atoms with Crippen LogP contribution in [0.25, 0.3) is 0 Å². The SMILES string of the molecule is COCC(CCO)NCC(O)C(F)(F)F. The number of alkyl halides is 3. The van der Waals surface area contributed by atoms with Crippen LogP contribution in [0.15, 0.2) is 0 Å². The summed E-state index contributed by atoms with van der Waals surface area (Å²) < 4.78 is 40.4. The van der Waals surface area contributed by atoms with Gasteiger partial charge in [0.2, 0.25) is 0 Å². The second-order valence-corrected chi connectivity index (χ2v) is 3.13. The Balaban J connectivity index is 3.87. The van der Waals surface area contributed by atoms with E-state index >= 15 is 0 Å². The summed E-state index contributed by atoms with van der Waals surface area (Å²) in [6.45, 7) is -0.564. The number of halogens is 3. The Hall–Kier alpha value is -0.370. The molecule has 0 radical (unpaired) electrons. The lowest BCUT2D eigenvalue weighted by Gasteiger charge is -2.20. The van der Waals surface area contributed by atoms with Gasteiger partial charge in [-0.15, -0.1) is 0 Å². The van der Waals surface area contributed by atoms with Gasteiger partial charge in [-0.05, 0) is 6.42 Å². The summed E-state index contributed by atoms with van der Waals surface area (Å²) in [5.74, 6) is 0. The van der Waals surface area contributed by atoms with E-state index in [0.717, 1.165) is 0 Å². The lowest BCUT2D eigenvalue weighted by molar-refractivity contribution is -0.202. The van der Waals surface area contributed by atoms with E-state index in [0.29, 0.717) is 0 Å². The van der Waals surface area contributed by atoms with Crippen LogP contribution in [-0.2, 0) is 4.74 Å². The molecule has 0 saturated heterocycles. The van der Waals surface area contributed by atoms with Crippen LogP contribution in [0.4, 0.5) is 13.2 Å². The predicted octanol–water partition coefficient (Wildman–Crippen LogP) is -0.103. The third-order valence-corrected chi connectivity index (χ3v) is 1.82. The maximum Gasteiger partial charge on any atom is 0.415 e. The first-order valence-electron chi connectivity index (χ1n) is 4.49. The van der Waals surface area contributed by atoms with Crippen molar-refractivity contribution in [3.63, 3.8) is 0 Å². The van der Waals surface area contributed by atoms with E-state index in [9.17, 15) is 13.2 Å². The monoisotopic (exact) mass is 231 g/mol. The second kappa shape index (κ2) is 7.00. The van der Waals surface area contributed by atoms with Crippen molar-refractivity contribution in [3.05, 3.63) is 0 Å². The Bertz CT molecular complexity index is 160. The molecule has 3 N–H and O–H groups in total. The molecule has 0 aliphatic rings. The van der Waals surface area contributed by atoms with Crippen molar-refractivity contribution in [2.75, 3.05) is 26.9 Å². The molecular formula is C8H16F3NO3. The smallest absolute Gasteiger partial charge is 0.396 e. The van der Waals surface area contributed by atoms with Crippen LogP contribution in [-0.4, -0.2) is 55.4 Å². The van der Waals surface area contributed by atoms with Gasteiger partial charge in [-0.3, -0.25) is 0 Å². The number of nitrogens with one attached hydrogen (secondary N) is 1. The number of aliphatic hydroxyl groups excluding tert-OH is 2. The molecule has 0 aliphatic carbocycles. The number of methoxy groups -OCH3 is 1. The summed E-state index contributed by atoms with van der Waals surface area (Å²) in [5.41, 5.74) is 0. The predicted molar refractivity (Wildman–Crippen MR) is 47.4 cm³/mol. The average Bonchev–Trinajstić information content (AvgIpc) is 2.12. The van der Waals surface area contributed by atoms with E-state index in [2.05, 4.69) is 5.32 Å². The Morgan fingerprint density at radius 2 is 2.00 bits per heavy atom. The van der Waals surface area contributed by atoms with Crippen molar-refractivity contribution in [3.8, 4) is 0 Å². The fourth-order valence-corrected chi connectivity index (χ4v) is 0.995. The maximum atomic E-state index is 11.9. The average molecular weight is 231 g/mol. The molecule has 2 atom stereocenters. The molecule has 0 bridgehead atoms. The van der Waals surface area contributed by atoms with E-state index in [1.54, 1.807) is 0 Å². The van der Waals surface area contributed by atoms with E-state index < -0.39 is 24.9 Å². The van der Waals surface area contributed by atoms with Crippen molar-refractivity contribution in [1.82, 2.24) is 5.32 Å². The van der Waals surface area contributed by atoms with Crippen LogP contribution in [0.5, 0.6) is 0 Å². The number of hydrogen-bond donors (Lipinski definition) is 3. The molecule has 0 aromatic heterocycles. The Morgan fingerprint density at radius 3 is 2.40 bits per heavy atom. The van der Waals surface area contributed by atoms with Crippen molar-refractivity contribution < 1.29 is 28.1 Å². The largest absolute Gasteiger partial charge is 0.415 e. The molecule has 4 nitrogen and oxygen atoms in total. The van der Waals surface area contributed by atoms with Gasteiger partial charge in [-0.2, -0.15) is 13.2 Å². The third kappa shape index (κ3) is 6.67. The lowest BCUT2D eigenvalue weighted by Crippen LogP contribution is -2.44. The van der Waals surface area contributed by atoms with E-state index in [1.165, 1.54) is 7.11 Å². The number of ether oxygens (including phenoxy) is 1. The minimum Gasteiger partial charge on any atom is -0.396 e. The molecule has 0 aliphatic heterocycles. The van der Waals surface area contributed by atoms with E-state index in [4.69, 9.17) is 14.9 Å². The molecule has 0 saturated carbocycles. The van der Waals surface area contributed by atoms with Gasteiger partial charge in [0, 0.05) is 26.3 Å². The van der Waals surface area contributed by atoms with Crippen molar-refractivity contribution >= 4 is 0 Å². The molecule has 2 unspecified atom stereocenters. The summed E-state index contributed by atoms with van der Waals surface area (Å²) >= 11 is 0. The molecule has 7 heteroatoms. The van der Waals surface area contributed by atoms with Crippen LogP contribution in [0.3, 0.4) is 0 Å². The van der Waals surface area contributed by atoms with Gasteiger partial charge < -0.3 is 20.3 Å². The zero-order chi connectivity index (χ0) is 11.9. The number of aliphatic hydroxyl groups is 2. The fourth-order valence-electron chi connectivity index (χ4n) is 0.995. The highest BCUT2D eigenvalue weighted by atomic mass is 19.4. The molecule has 0 rings (SSSR count). The number of hydrogen-bond acceptors (Lipinski definition) is 4. The second-order valence-electron chi connectivity index (χ2n) is 3.13. The van der Waals surface area contributed by atoms with Gasteiger partial charge in [0.15, 0.2) is 6.10 Å². The summed E-state index contributed by atoms with van der Waals surface area (Å²) in [6, 6.07) is -0.392. The molecular weight excluding hydrogens is 215 g/mol. The van der Waals surface area contributed by atoms with Gasteiger partial charge in [0.05, 0.1) is 6.61 Å². The first-order chi connectivity index (χ1) is 6.91. The van der Waals surface area contributed by atoms with Crippen LogP contribution in [0, 0.1) is 0 Å². The summed E-state index contributed by atoms with van der Waals surface area (Å²) in [6.07, 6.45) is -6.74. The Labute approximate surface area is 86.0 Å². The first-order valence-corrected chi connectivity index (χ1v) is 4.49. The highest BCUT2D eigenvalue weighted by Gasteiger charge is 2.38. The van der Waals surface area contributed by atoms with Crippen molar-refractivity contribution in [1.29, 1.82) is 0 Å². The van der Waals surface area contributed by atoms with Gasteiger partial charge in [0.1, 0.15) is 0 Å². The third-order valence-electron chi connectivity index (χ3n) is 1.82. The van der Waals surface area contributed by atoms with Gasteiger partial charge in [-0.1, -0.05) is 0 Å². The number of rotatable bonds is 7. The highest BCUT2D eigenvalue weighted by Crippen LogP contribution is 2.19. The Kier molecular flexibility index (Phi) is 6.82. The zero-order valence-corrected chi connectivity index (χ0v) is 8.42. The van der Waals surface area contributed by atoms with Crippen molar-refractivity contribution in [2.24, 2.45) is 0 Å². The molecule has 0 aromatic carbocycles. The summed E-state index contributed by atoms with van der Waals surface area (Å²) in [5, 5.41) is 19.8. The molecule has 0 aromatic rings. The van der Waals surface area contributed by atoms with Gasteiger partial charge in [-0.25, -0.2) is 0 Å². The highest BCUT2D eigenvalue weighted by molar-refractivity contribution is 4.73. The molecule has 0 fully saturated rings. The molecule has 0 heterocycles. The Morgan fingerprint density at radius 1 is 1.40 bits per heavy atom. The fraction of sp³-hybridized carbons (Fsp3) is 1.00. The van der Waals surface area contributed by atoms with Crippen LogP contribution in [0.1, 0.15) is 6.42 Å². The topological polar surface area (TPSA) is 61.7 Å². The molecule has 15 heavy (non-hydrogen) atoms. The zero-order valence-electron chi connectivity index (χ0n) is 8.42. The van der Waals surface area contributed by atoms with Crippen LogP contribution >= 0.6 is 0 Å². The first kappa shape index (κ1) is 14.6. The van der Waals surface area contributed by atoms with E-state index in [-0.39, 0.29) is 19.6 Å². The standard InChI is InChI=1S/C8H16F3NO3/c1-15-5-6(2-3-13)12-4-7(14)8(9,10)11/h6-7,12-14H,2-5H2,1H3. The van der Waals surface area contributed by atoms with Gasteiger partial charge in [0.25, 0.3) is 0 Å². The normalized spacial score (nSPS) is 16.4. The van der Waals surface area contributed by atoms with E-state index in [1.807, 2.05) is 0 Å². The molecule has 92 valence electrons. The van der Waals surface area contributed by atoms with Crippen LogP contribution in [0.2, 0.25) is 0 Å². The lowest BCUT2D eigenvalue weighted by atomic mass is 10.2. The summed E-state index contributed by atoms with van der Waals surface area (Å²) in [4.78, 5) is 0. The molecule has 0 spiro atoms. The van der Waals surface area contributed by atoms with Gasteiger partial charge >= 0.3 is 6.18 Å². The maximum absolute atomic E-state index is 11.9. The van der Waals surface area contributed by atoms with Crippen molar-refractivity contribution in [2.45, 2.75) is 24.7 Å². The quantitative estimate of drug-likeness (QED) is 0.572. The molecule has 0 amide bonds. The summed E-state index contributed by atoms with van der Waals surface area (Å²) in [7, 11) is 1.41. The minimum absolute atomic E-state index is 0.150.